The van der Waals surface area contributed by atoms with Crippen LogP contribution in [0.1, 0.15) is 27.9 Å². The summed E-state index contributed by atoms with van der Waals surface area (Å²) in [4.78, 5) is 28.0. The molecule has 0 radical (unpaired) electrons. The van der Waals surface area contributed by atoms with E-state index in [1.165, 1.54) is 18.1 Å². The van der Waals surface area contributed by atoms with Gasteiger partial charge in [0.25, 0.3) is 5.78 Å². The first-order valence-electron chi connectivity index (χ1n) is 8.79. The molecule has 0 aliphatic carbocycles. The predicted molar refractivity (Wildman–Crippen MR) is 96.8 cm³/mol. The number of ketones is 1. The van der Waals surface area contributed by atoms with Crippen LogP contribution in [0.4, 0.5) is 24.5 Å². The lowest BCUT2D eigenvalue weighted by molar-refractivity contribution is -0.137. The number of Topliss-reactive ketones (excluding diaryl/α,β-unsaturated/α-hetero) is 1. The van der Waals surface area contributed by atoms with Crippen molar-refractivity contribution in [2.75, 3.05) is 30.1 Å². The summed E-state index contributed by atoms with van der Waals surface area (Å²) in [6.07, 6.45) is -3.20. The van der Waals surface area contributed by atoms with Crippen LogP contribution in [-0.4, -0.2) is 32.0 Å². The molecule has 1 amide bonds. The fourth-order valence-corrected chi connectivity index (χ4v) is 3.71. The maximum absolute atomic E-state index is 13.0. The van der Waals surface area contributed by atoms with Gasteiger partial charge in [-0.3, -0.25) is 14.5 Å². The number of anilines is 2. The van der Waals surface area contributed by atoms with Crippen LogP contribution in [0, 0.1) is 0 Å². The van der Waals surface area contributed by atoms with Gasteiger partial charge in [0.2, 0.25) is 0 Å². The van der Waals surface area contributed by atoms with Gasteiger partial charge in [-0.05, 0) is 48.7 Å². The summed E-state index contributed by atoms with van der Waals surface area (Å²) < 4.78 is 44.2. The summed E-state index contributed by atoms with van der Waals surface area (Å²) in [6.45, 7) is 0.665. The summed E-state index contributed by atoms with van der Waals surface area (Å²) >= 11 is 0. The van der Waals surface area contributed by atoms with Gasteiger partial charge in [0.15, 0.2) is 0 Å². The molecule has 4 rings (SSSR count). The molecule has 8 heteroatoms. The molecule has 2 aliphatic heterocycles. The minimum absolute atomic E-state index is 0.0864. The van der Waals surface area contributed by atoms with Crippen LogP contribution in [0.5, 0.6) is 5.75 Å². The topological polar surface area (TPSA) is 49.9 Å². The van der Waals surface area contributed by atoms with Crippen LogP contribution in [0.25, 0.3) is 0 Å². The number of methoxy groups -OCH3 is 1. The van der Waals surface area contributed by atoms with Crippen molar-refractivity contribution in [1.82, 2.24) is 0 Å². The normalized spacial score (nSPS) is 16.3. The Labute approximate surface area is 159 Å². The first kappa shape index (κ1) is 18.3. The second kappa shape index (κ2) is 6.54. The van der Waals surface area contributed by atoms with Gasteiger partial charge in [-0.1, -0.05) is 0 Å². The van der Waals surface area contributed by atoms with Gasteiger partial charge < -0.3 is 9.64 Å². The van der Waals surface area contributed by atoms with Crippen molar-refractivity contribution in [3.8, 4) is 5.75 Å². The zero-order valence-electron chi connectivity index (χ0n) is 15.0. The van der Waals surface area contributed by atoms with Crippen molar-refractivity contribution in [1.29, 1.82) is 0 Å². The second-order valence-corrected chi connectivity index (χ2v) is 6.80. The van der Waals surface area contributed by atoms with Gasteiger partial charge in [0.1, 0.15) is 5.75 Å². The Morgan fingerprint density at radius 1 is 1.07 bits per heavy atom. The van der Waals surface area contributed by atoms with Gasteiger partial charge in [0, 0.05) is 18.3 Å². The summed E-state index contributed by atoms with van der Waals surface area (Å²) in [6, 6.07) is 8.43. The molecule has 2 aromatic carbocycles. The van der Waals surface area contributed by atoms with Gasteiger partial charge >= 0.3 is 12.1 Å². The van der Waals surface area contributed by atoms with Crippen molar-refractivity contribution in [2.45, 2.75) is 19.0 Å². The molecule has 0 saturated heterocycles. The van der Waals surface area contributed by atoms with Gasteiger partial charge in [0.05, 0.1) is 30.6 Å². The highest BCUT2D eigenvalue weighted by atomic mass is 19.4. The molecule has 0 fully saturated rings. The highest BCUT2D eigenvalue weighted by Crippen LogP contribution is 2.37. The van der Waals surface area contributed by atoms with Crippen molar-refractivity contribution in [2.24, 2.45) is 0 Å². The highest BCUT2D eigenvalue weighted by molar-refractivity contribution is 6.52. The minimum Gasteiger partial charge on any atom is -0.497 e. The van der Waals surface area contributed by atoms with Gasteiger partial charge in [-0.15, -0.1) is 0 Å². The number of carbonyl (C=O) groups excluding carboxylic acids is 2. The monoisotopic (exact) mass is 390 g/mol. The molecule has 0 N–H and O–H groups in total. The molecule has 0 saturated carbocycles. The number of carbonyl (C=O) groups is 2. The lowest BCUT2D eigenvalue weighted by atomic mass is 9.99. The lowest BCUT2D eigenvalue weighted by Gasteiger charge is -2.34. The molecular formula is C20H17F3N2O3. The number of amides is 1. The number of rotatable bonds is 3. The molecule has 0 aromatic heterocycles. The molecule has 0 unspecified atom stereocenters. The van der Waals surface area contributed by atoms with E-state index in [1.807, 2.05) is 4.90 Å². The van der Waals surface area contributed by atoms with Crippen molar-refractivity contribution < 1.29 is 27.5 Å². The Morgan fingerprint density at radius 3 is 2.57 bits per heavy atom. The fraction of sp³-hybridized carbons (Fsp3) is 0.300. The summed E-state index contributed by atoms with van der Waals surface area (Å²) in [5.74, 6) is -0.732. The highest BCUT2D eigenvalue weighted by Gasteiger charge is 2.38. The Kier molecular flexibility index (Phi) is 4.28. The zero-order valence-corrected chi connectivity index (χ0v) is 15.0. The Bertz CT molecular complexity index is 972. The molecule has 0 bridgehead atoms. The quantitative estimate of drug-likeness (QED) is 0.751. The first-order chi connectivity index (χ1) is 13.3. The number of ether oxygens (including phenoxy) is 1. The average Bonchev–Trinajstić information content (AvgIpc) is 2.91. The fourth-order valence-electron chi connectivity index (χ4n) is 3.71. The van der Waals surface area contributed by atoms with Crippen LogP contribution in [-0.2, 0) is 17.4 Å². The third-order valence-corrected chi connectivity index (χ3v) is 5.11. The third kappa shape index (κ3) is 2.98. The number of benzene rings is 2. The Morgan fingerprint density at radius 2 is 1.86 bits per heavy atom. The SMILES string of the molecule is COc1ccc2c(c1)N(CN1CCCc3cc(C(F)(F)F)ccc31)C(=O)C2=O. The average molecular weight is 390 g/mol. The smallest absolute Gasteiger partial charge is 0.416 e. The molecule has 5 nitrogen and oxygen atoms in total. The number of halogens is 3. The first-order valence-corrected chi connectivity index (χ1v) is 8.79. The van der Waals surface area contributed by atoms with Crippen molar-refractivity contribution in [3.05, 3.63) is 53.1 Å². The molecule has 2 heterocycles. The second-order valence-electron chi connectivity index (χ2n) is 6.80. The van der Waals surface area contributed by atoms with E-state index in [9.17, 15) is 22.8 Å². The van der Waals surface area contributed by atoms with Crippen molar-refractivity contribution in [3.63, 3.8) is 0 Å². The van der Waals surface area contributed by atoms with Crippen LogP contribution >= 0.6 is 0 Å². The van der Waals surface area contributed by atoms with E-state index in [0.29, 0.717) is 47.6 Å². The van der Waals surface area contributed by atoms with Crippen molar-refractivity contribution >= 4 is 23.1 Å². The van der Waals surface area contributed by atoms with E-state index < -0.39 is 23.4 Å². The van der Waals surface area contributed by atoms with E-state index in [0.717, 1.165) is 12.1 Å². The van der Waals surface area contributed by atoms with E-state index in [1.54, 1.807) is 18.2 Å². The van der Waals surface area contributed by atoms with Crippen LogP contribution < -0.4 is 14.5 Å². The number of hydrogen-bond donors (Lipinski definition) is 0. The number of nitrogens with zero attached hydrogens (tertiary/aromatic N) is 2. The minimum atomic E-state index is -4.40. The number of fused-ring (bicyclic) bond motifs is 2. The molecule has 2 aliphatic rings. The van der Waals surface area contributed by atoms with E-state index in [2.05, 4.69) is 0 Å². The van der Waals surface area contributed by atoms with Crippen LogP contribution in [0.2, 0.25) is 0 Å². The number of hydrogen-bond acceptors (Lipinski definition) is 4. The third-order valence-electron chi connectivity index (χ3n) is 5.11. The Hall–Kier alpha value is -3.03. The largest absolute Gasteiger partial charge is 0.497 e. The van der Waals surface area contributed by atoms with Gasteiger partial charge in [-0.2, -0.15) is 13.2 Å². The number of alkyl halides is 3. The summed E-state index contributed by atoms with van der Waals surface area (Å²) in [7, 11) is 1.49. The van der Waals surface area contributed by atoms with Crippen LogP contribution in [0.15, 0.2) is 36.4 Å². The Balaban J connectivity index is 1.67. The molecule has 0 atom stereocenters. The van der Waals surface area contributed by atoms with E-state index >= 15 is 0 Å². The van der Waals surface area contributed by atoms with E-state index in [-0.39, 0.29) is 6.67 Å². The standard InChI is InChI=1S/C20H17F3N2O3/c1-28-14-5-6-15-17(10-14)25(19(27)18(15)26)11-24-8-2-3-12-9-13(20(21,22)23)4-7-16(12)24/h4-7,9-10H,2-3,8,11H2,1H3. The summed E-state index contributed by atoms with van der Waals surface area (Å²) in [5, 5.41) is 0. The number of aryl methyl sites for hydroxylation is 1. The summed E-state index contributed by atoms with van der Waals surface area (Å²) in [5.41, 5.74) is 1.31. The van der Waals surface area contributed by atoms with Crippen LogP contribution in [0.3, 0.4) is 0 Å². The van der Waals surface area contributed by atoms with E-state index in [4.69, 9.17) is 4.74 Å². The molecular weight excluding hydrogens is 373 g/mol. The van der Waals surface area contributed by atoms with Gasteiger partial charge in [-0.25, -0.2) is 0 Å². The zero-order chi connectivity index (χ0) is 20.1. The lowest BCUT2D eigenvalue weighted by Crippen LogP contribution is -2.43. The molecule has 2 aromatic rings. The molecule has 28 heavy (non-hydrogen) atoms. The molecule has 0 spiro atoms. The molecule has 146 valence electrons. The predicted octanol–water partition coefficient (Wildman–Crippen LogP) is 3.65. The maximum atomic E-state index is 13.0. The maximum Gasteiger partial charge on any atom is 0.416 e.